The normalized spacial score (nSPS) is 26.9. The number of nitrogens with one attached hydrogen (secondary N) is 1. The second-order valence-electron chi connectivity index (χ2n) is 4.54. The molecule has 0 aromatic heterocycles. The Morgan fingerprint density at radius 1 is 1.29 bits per heavy atom. The van der Waals surface area contributed by atoms with Crippen LogP contribution in [0.5, 0.6) is 11.5 Å². The van der Waals surface area contributed by atoms with Gasteiger partial charge in [-0.1, -0.05) is 6.92 Å². The fourth-order valence-electron chi connectivity index (χ4n) is 2.31. The highest BCUT2D eigenvalue weighted by Crippen LogP contribution is 2.35. The standard InChI is InChI=1S/C13H17NO2S/c1-9-11(3-2-6-17-9)14-10-4-5-12-13(7-10)16-8-15-12/h4-5,7,9,11,14H,2-3,6,8H2,1H3. The minimum absolute atomic E-state index is 0.342. The van der Waals surface area contributed by atoms with Crippen molar-refractivity contribution >= 4 is 17.4 Å². The Bertz CT molecular complexity index is 410. The summed E-state index contributed by atoms with van der Waals surface area (Å²) >= 11 is 2.05. The maximum absolute atomic E-state index is 5.39. The van der Waals surface area contributed by atoms with E-state index in [0.29, 0.717) is 18.1 Å². The van der Waals surface area contributed by atoms with E-state index in [1.165, 1.54) is 18.6 Å². The van der Waals surface area contributed by atoms with Crippen LogP contribution in [0.15, 0.2) is 18.2 Å². The molecule has 1 aromatic rings. The van der Waals surface area contributed by atoms with Crippen molar-refractivity contribution < 1.29 is 9.47 Å². The van der Waals surface area contributed by atoms with Gasteiger partial charge < -0.3 is 14.8 Å². The van der Waals surface area contributed by atoms with Gasteiger partial charge in [0.1, 0.15) is 0 Å². The molecule has 17 heavy (non-hydrogen) atoms. The topological polar surface area (TPSA) is 30.5 Å². The van der Waals surface area contributed by atoms with Crippen molar-refractivity contribution in [2.75, 3.05) is 17.9 Å². The number of hydrogen-bond acceptors (Lipinski definition) is 4. The van der Waals surface area contributed by atoms with Crippen molar-refractivity contribution in [1.82, 2.24) is 0 Å². The molecule has 0 radical (unpaired) electrons. The van der Waals surface area contributed by atoms with Crippen LogP contribution in [0.1, 0.15) is 19.8 Å². The predicted molar refractivity (Wildman–Crippen MR) is 71.1 cm³/mol. The zero-order valence-electron chi connectivity index (χ0n) is 9.94. The van der Waals surface area contributed by atoms with Crippen molar-refractivity contribution in [1.29, 1.82) is 0 Å². The minimum atomic E-state index is 0.342. The van der Waals surface area contributed by atoms with Crippen LogP contribution in [0.25, 0.3) is 0 Å². The lowest BCUT2D eigenvalue weighted by atomic mass is 10.1. The Morgan fingerprint density at radius 3 is 3.06 bits per heavy atom. The molecule has 4 heteroatoms. The second kappa shape index (κ2) is 4.69. The molecule has 2 unspecified atom stereocenters. The van der Waals surface area contributed by atoms with Crippen LogP contribution in [0.2, 0.25) is 0 Å². The van der Waals surface area contributed by atoms with Crippen LogP contribution in [0, 0.1) is 0 Å². The van der Waals surface area contributed by atoms with Crippen molar-refractivity contribution in [2.24, 2.45) is 0 Å². The van der Waals surface area contributed by atoms with Gasteiger partial charge in [-0.25, -0.2) is 0 Å². The summed E-state index contributed by atoms with van der Waals surface area (Å²) in [6, 6.07) is 6.65. The van der Waals surface area contributed by atoms with E-state index < -0.39 is 0 Å². The number of thioether (sulfide) groups is 1. The molecule has 3 rings (SSSR count). The third-order valence-electron chi connectivity index (χ3n) is 3.33. The largest absolute Gasteiger partial charge is 0.454 e. The summed E-state index contributed by atoms with van der Waals surface area (Å²) in [7, 11) is 0. The molecular formula is C13H17NO2S. The molecule has 3 nitrogen and oxygen atoms in total. The first-order valence-electron chi connectivity index (χ1n) is 6.11. The first-order valence-corrected chi connectivity index (χ1v) is 7.15. The number of fused-ring (bicyclic) bond motifs is 1. The molecule has 1 aromatic carbocycles. The fourth-order valence-corrected chi connectivity index (χ4v) is 3.45. The van der Waals surface area contributed by atoms with E-state index >= 15 is 0 Å². The average molecular weight is 251 g/mol. The summed E-state index contributed by atoms with van der Waals surface area (Å²) in [6.07, 6.45) is 2.56. The Labute approximate surface area is 106 Å². The van der Waals surface area contributed by atoms with E-state index in [2.05, 4.69) is 30.1 Å². The van der Waals surface area contributed by atoms with Gasteiger partial charge in [0, 0.05) is 23.0 Å². The summed E-state index contributed by atoms with van der Waals surface area (Å²) < 4.78 is 10.7. The molecule has 1 saturated heterocycles. The number of benzene rings is 1. The minimum Gasteiger partial charge on any atom is -0.454 e. The van der Waals surface area contributed by atoms with Crippen molar-refractivity contribution in [3.8, 4) is 11.5 Å². The quantitative estimate of drug-likeness (QED) is 0.875. The van der Waals surface area contributed by atoms with Crippen LogP contribution in [-0.2, 0) is 0 Å². The van der Waals surface area contributed by atoms with Crippen molar-refractivity contribution in [3.63, 3.8) is 0 Å². The Morgan fingerprint density at radius 2 is 2.18 bits per heavy atom. The van der Waals surface area contributed by atoms with Crippen molar-refractivity contribution in [2.45, 2.75) is 31.1 Å². The predicted octanol–water partition coefficient (Wildman–Crippen LogP) is 3.11. The summed E-state index contributed by atoms with van der Waals surface area (Å²) in [5.74, 6) is 2.99. The highest BCUT2D eigenvalue weighted by Gasteiger charge is 2.22. The van der Waals surface area contributed by atoms with Crippen LogP contribution in [-0.4, -0.2) is 23.8 Å². The molecule has 0 amide bonds. The van der Waals surface area contributed by atoms with Gasteiger partial charge in [-0.3, -0.25) is 0 Å². The van der Waals surface area contributed by atoms with Gasteiger partial charge in [-0.15, -0.1) is 0 Å². The number of ether oxygens (including phenoxy) is 2. The highest BCUT2D eigenvalue weighted by atomic mass is 32.2. The lowest BCUT2D eigenvalue weighted by molar-refractivity contribution is 0.174. The number of anilines is 1. The van der Waals surface area contributed by atoms with Gasteiger partial charge in [-0.05, 0) is 30.7 Å². The summed E-state index contributed by atoms with van der Waals surface area (Å²) in [4.78, 5) is 0. The smallest absolute Gasteiger partial charge is 0.231 e. The van der Waals surface area contributed by atoms with Gasteiger partial charge in [-0.2, -0.15) is 11.8 Å². The van der Waals surface area contributed by atoms with Crippen LogP contribution in [0.4, 0.5) is 5.69 Å². The average Bonchev–Trinajstić information content (AvgIpc) is 2.79. The molecule has 0 bridgehead atoms. The molecule has 2 heterocycles. The summed E-state index contributed by atoms with van der Waals surface area (Å²) in [5, 5.41) is 4.28. The molecular weight excluding hydrogens is 234 g/mol. The first kappa shape index (κ1) is 11.1. The molecule has 2 aliphatic heterocycles. The van der Waals surface area contributed by atoms with Crippen LogP contribution >= 0.6 is 11.8 Å². The van der Waals surface area contributed by atoms with Crippen LogP contribution in [0.3, 0.4) is 0 Å². The van der Waals surface area contributed by atoms with E-state index in [9.17, 15) is 0 Å². The zero-order valence-corrected chi connectivity index (χ0v) is 10.8. The van der Waals surface area contributed by atoms with Gasteiger partial charge in [0.2, 0.25) is 6.79 Å². The number of hydrogen-bond donors (Lipinski definition) is 1. The molecule has 2 aliphatic rings. The Kier molecular flexibility index (Phi) is 3.05. The van der Waals surface area contributed by atoms with Gasteiger partial charge in [0.15, 0.2) is 11.5 Å². The van der Waals surface area contributed by atoms with E-state index in [0.717, 1.165) is 17.2 Å². The lowest BCUT2D eigenvalue weighted by Gasteiger charge is -2.30. The van der Waals surface area contributed by atoms with Gasteiger partial charge in [0.05, 0.1) is 0 Å². The van der Waals surface area contributed by atoms with Crippen molar-refractivity contribution in [3.05, 3.63) is 18.2 Å². The third kappa shape index (κ3) is 2.32. The van der Waals surface area contributed by atoms with Gasteiger partial charge >= 0.3 is 0 Å². The molecule has 1 fully saturated rings. The molecule has 0 spiro atoms. The molecule has 0 saturated carbocycles. The molecule has 1 N–H and O–H groups in total. The van der Waals surface area contributed by atoms with E-state index in [1.54, 1.807) is 0 Å². The zero-order chi connectivity index (χ0) is 11.7. The second-order valence-corrected chi connectivity index (χ2v) is 6.02. The Balaban J connectivity index is 1.72. The fraction of sp³-hybridized carbons (Fsp3) is 0.538. The first-order chi connectivity index (χ1) is 8.33. The highest BCUT2D eigenvalue weighted by molar-refractivity contribution is 8.00. The lowest BCUT2D eigenvalue weighted by Crippen LogP contribution is -2.32. The molecule has 0 aliphatic carbocycles. The van der Waals surface area contributed by atoms with Gasteiger partial charge in [0.25, 0.3) is 0 Å². The van der Waals surface area contributed by atoms with E-state index in [4.69, 9.17) is 9.47 Å². The third-order valence-corrected chi connectivity index (χ3v) is 4.71. The van der Waals surface area contributed by atoms with E-state index in [-0.39, 0.29) is 0 Å². The SMILES string of the molecule is CC1SCCCC1Nc1ccc2c(c1)OCO2. The molecule has 92 valence electrons. The summed E-state index contributed by atoms with van der Waals surface area (Å²) in [5.41, 5.74) is 1.13. The monoisotopic (exact) mass is 251 g/mol. The van der Waals surface area contributed by atoms with Crippen LogP contribution < -0.4 is 14.8 Å². The van der Waals surface area contributed by atoms with E-state index in [1.807, 2.05) is 12.1 Å². The molecule has 2 atom stereocenters. The Hall–Kier alpha value is -1.03. The maximum atomic E-state index is 5.39. The summed E-state index contributed by atoms with van der Waals surface area (Å²) in [6.45, 7) is 2.64. The maximum Gasteiger partial charge on any atom is 0.231 e. The number of rotatable bonds is 2.